The van der Waals surface area contributed by atoms with Crippen LogP contribution in [0.5, 0.6) is 0 Å². The molecule has 0 radical (unpaired) electrons. The molecule has 4 unspecified atom stereocenters. The van der Waals surface area contributed by atoms with E-state index < -0.39 is 0 Å². The van der Waals surface area contributed by atoms with Crippen molar-refractivity contribution in [1.82, 2.24) is 0 Å². The van der Waals surface area contributed by atoms with Gasteiger partial charge in [0, 0.05) is 12.8 Å². The second kappa shape index (κ2) is 5.33. The Bertz CT molecular complexity index is 246. The number of carbonyl (C=O) groups excluding carboxylic acids is 1. The summed E-state index contributed by atoms with van der Waals surface area (Å²) in [4.78, 5) is 11.7. The second-order valence-corrected chi connectivity index (χ2v) is 6.28. The standard InChI is InChI=1S/C15H26O/c1-11-7-8-14(9-12(11)2)13-5-3-4-6-15(16)10-13/h11-14H,3-10H2,1-2H3. The van der Waals surface area contributed by atoms with E-state index in [0.29, 0.717) is 5.78 Å². The molecule has 0 bridgehead atoms. The molecule has 0 heterocycles. The van der Waals surface area contributed by atoms with Crippen LogP contribution in [0.2, 0.25) is 0 Å². The predicted octanol–water partition coefficient (Wildman–Crippen LogP) is 4.21. The first-order valence-electron chi connectivity index (χ1n) is 7.18. The van der Waals surface area contributed by atoms with E-state index >= 15 is 0 Å². The second-order valence-electron chi connectivity index (χ2n) is 6.28. The quantitative estimate of drug-likeness (QED) is 0.607. The van der Waals surface area contributed by atoms with Crippen LogP contribution in [0, 0.1) is 23.7 Å². The van der Waals surface area contributed by atoms with Crippen LogP contribution < -0.4 is 0 Å². The van der Waals surface area contributed by atoms with Crippen LogP contribution in [-0.2, 0) is 4.79 Å². The van der Waals surface area contributed by atoms with Gasteiger partial charge in [-0.3, -0.25) is 4.79 Å². The van der Waals surface area contributed by atoms with E-state index in [4.69, 9.17) is 0 Å². The van der Waals surface area contributed by atoms with Gasteiger partial charge in [-0.2, -0.15) is 0 Å². The van der Waals surface area contributed by atoms with Gasteiger partial charge in [0.2, 0.25) is 0 Å². The highest BCUT2D eigenvalue weighted by Gasteiger charge is 2.31. The number of carbonyl (C=O) groups is 1. The lowest BCUT2D eigenvalue weighted by Crippen LogP contribution is -2.27. The number of hydrogen-bond donors (Lipinski definition) is 0. The third-order valence-electron chi connectivity index (χ3n) is 5.08. The average molecular weight is 222 g/mol. The minimum atomic E-state index is 0.536. The van der Waals surface area contributed by atoms with Crippen LogP contribution in [0.25, 0.3) is 0 Å². The third-order valence-corrected chi connectivity index (χ3v) is 5.08. The summed E-state index contributed by atoms with van der Waals surface area (Å²) < 4.78 is 0. The SMILES string of the molecule is CC1CCC(C2CCCCC(=O)C2)CC1C. The fourth-order valence-electron chi connectivity index (χ4n) is 3.64. The van der Waals surface area contributed by atoms with Crippen molar-refractivity contribution in [3.8, 4) is 0 Å². The summed E-state index contributed by atoms with van der Waals surface area (Å²) in [7, 11) is 0. The lowest BCUT2D eigenvalue weighted by atomic mass is 9.69. The van der Waals surface area contributed by atoms with Crippen LogP contribution in [0.1, 0.15) is 65.2 Å². The van der Waals surface area contributed by atoms with Crippen LogP contribution in [-0.4, -0.2) is 5.78 Å². The van der Waals surface area contributed by atoms with E-state index in [1.165, 1.54) is 32.1 Å². The molecule has 2 rings (SSSR count). The molecule has 1 heteroatoms. The molecule has 2 aliphatic carbocycles. The van der Waals surface area contributed by atoms with Gasteiger partial charge in [0.25, 0.3) is 0 Å². The minimum absolute atomic E-state index is 0.536. The molecule has 0 aromatic rings. The van der Waals surface area contributed by atoms with Crippen LogP contribution >= 0.6 is 0 Å². The molecule has 2 fully saturated rings. The van der Waals surface area contributed by atoms with Crippen LogP contribution in [0.4, 0.5) is 0 Å². The predicted molar refractivity (Wildman–Crippen MR) is 67.3 cm³/mol. The lowest BCUT2D eigenvalue weighted by Gasteiger charge is -2.36. The third kappa shape index (κ3) is 2.87. The van der Waals surface area contributed by atoms with Gasteiger partial charge in [0.05, 0.1) is 0 Å². The summed E-state index contributed by atoms with van der Waals surface area (Å²) in [6.07, 6.45) is 9.64. The Morgan fingerprint density at radius 2 is 1.75 bits per heavy atom. The molecule has 0 amide bonds. The highest BCUT2D eigenvalue weighted by molar-refractivity contribution is 5.78. The van der Waals surface area contributed by atoms with E-state index in [-0.39, 0.29) is 0 Å². The first-order chi connectivity index (χ1) is 7.66. The summed E-state index contributed by atoms with van der Waals surface area (Å²) >= 11 is 0. The van der Waals surface area contributed by atoms with E-state index in [1.54, 1.807) is 0 Å². The van der Waals surface area contributed by atoms with Crippen molar-refractivity contribution in [1.29, 1.82) is 0 Å². The molecule has 4 atom stereocenters. The highest BCUT2D eigenvalue weighted by atomic mass is 16.1. The molecule has 0 saturated heterocycles. The Balaban J connectivity index is 1.93. The van der Waals surface area contributed by atoms with Crippen molar-refractivity contribution >= 4 is 5.78 Å². The van der Waals surface area contributed by atoms with Crippen molar-refractivity contribution in [2.45, 2.75) is 65.2 Å². The van der Waals surface area contributed by atoms with Crippen molar-refractivity contribution in [3.63, 3.8) is 0 Å². The van der Waals surface area contributed by atoms with Crippen molar-refractivity contribution in [2.75, 3.05) is 0 Å². The van der Waals surface area contributed by atoms with E-state index in [2.05, 4.69) is 13.8 Å². The highest BCUT2D eigenvalue weighted by Crippen LogP contribution is 2.40. The van der Waals surface area contributed by atoms with E-state index in [9.17, 15) is 4.79 Å². The van der Waals surface area contributed by atoms with Crippen LogP contribution in [0.15, 0.2) is 0 Å². The first-order valence-corrected chi connectivity index (χ1v) is 7.18. The van der Waals surface area contributed by atoms with Gasteiger partial charge in [0.15, 0.2) is 0 Å². The summed E-state index contributed by atoms with van der Waals surface area (Å²) in [6.45, 7) is 4.79. The first kappa shape index (κ1) is 12.1. The molecular weight excluding hydrogens is 196 g/mol. The lowest BCUT2D eigenvalue weighted by molar-refractivity contribution is -0.120. The zero-order valence-electron chi connectivity index (χ0n) is 10.9. The van der Waals surface area contributed by atoms with Gasteiger partial charge in [-0.15, -0.1) is 0 Å². The van der Waals surface area contributed by atoms with Crippen LogP contribution in [0.3, 0.4) is 0 Å². The molecule has 16 heavy (non-hydrogen) atoms. The van der Waals surface area contributed by atoms with Gasteiger partial charge in [-0.25, -0.2) is 0 Å². The largest absolute Gasteiger partial charge is 0.300 e. The number of rotatable bonds is 1. The molecular formula is C15H26O. The maximum Gasteiger partial charge on any atom is 0.133 e. The van der Waals surface area contributed by atoms with Gasteiger partial charge >= 0.3 is 0 Å². The fourth-order valence-corrected chi connectivity index (χ4v) is 3.64. The Kier molecular flexibility index (Phi) is 4.05. The van der Waals surface area contributed by atoms with E-state index in [0.717, 1.165) is 42.9 Å². The zero-order chi connectivity index (χ0) is 11.5. The topological polar surface area (TPSA) is 17.1 Å². The Morgan fingerprint density at radius 3 is 2.50 bits per heavy atom. The van der Waals surface area contributed by atoms with E-state index in [1.807, 2.05) is 0 Å². The van der Waals surface area contributed by atoms with Gasteiger partial charge in [-0.1, -0.05) is 26.7 Å². The molecule has 92 valence electrons. The Morgan fingerprint density at radius 1 is 0.938 bits per heavy atom. The molecule has 2 saturated carbocycles. The van der Waals surface area contributed by atoms with Crippen molar-refractivity contribution in [3.05, 3.63) is 0 Å². The van der Waals surface area contributed by atoms with Crippen molar-refractivity contribution in [2.24, 2.45) is 23.7 Å². The average Bonchev–Trinajstić information content (AvgIpc) is 2.47. The number of Topliss-reactive ketones (excluding diaryl/α,β-unsaturated/α-hetero) is 1. The summed E-state index contributed by atoms with van der Waals surface area (Å²) in [5.41, 5.74) is 0. The number of ketones is 1. The monoisotopic (exact) mass is 222 g/mol. The maximum absolute atomic E-state index is 11.7. The molecule has 0 aliphatic heterocycles. The molecule has 2 aliphatic rings. The van der Waals surface area contributed by atoms with Gasteiger partial charge < -0.3 is 0 Å². The Labute approximate surface area is 100.0 Å². The fraction of sp³-hybridized carbons (Fsp3) is 0.933. The van der Waals surface area contributed by atoms with Crippen molar-refractivity contribution < 1.29 is 4.79 Å². The van der Waals surface area contributed by atoms with Gasteiger partial charge in [0.1, 0.15) is 5.78 Å². The zero-order valence-corrected chi connectivity index (χ0v) is 10.9. The normalized spacial score (nSPS) is 41.8. The minimum Gasteiger partial charge on any atom is -0.300 e. The Hall–Kier alpha value is -0.330. The maximum atomic E-state index is 11.7. The summed E-state index contributed by atoms with van der Waals surface area (Å²) in [6, 6.07) is 0. The molecule has 1 nitrogen and oxygen atoms in total. The molecule has 0 aromatic carbocycles. The number of hydrogen-bond acceptors (Lipinski definition) is 1. The molecule has 0 N–H and O–H groups in total. The molecule has 0 aromatic heterocycles. The summed E-state index contributed by atoms with van der Waals surface area (Å²) in [5, 5.41) is 0. The van der Waals surface area contributed by atoms with Gasteiger partial charge in [-0.05, 0) is 49.4 Å². The smallest absolute Gasteiger partial charge is 0.133 e. The molecule has 0 spiro atoms. The summed E-state index contributed by atoms with van der Waals surface area (Å²) in [5.74, 6) is 3.89.